The van der Waals surface area contributed by atoms with Crippen LogP contribution in [0.15, 0.2) is 42.2 Å². The van der Waals surface area contributed by atoms with Crippen LogP contribution in [0.5, 0.6) is 17.2 Å². The number of esters is 1. The second-order valence-corrected chi connectivity index (χ2v) is 5.69. The maximum Gasteiger partial charge on any atom is 0.337 e. The van der Waals surface area contributed by atoms with Crippen LogP contribution < -0.4 is 14.2 Å². The van der Waals surface area contributed by atoms with Gasteiger partial charge in [-0.3, -0.25) is 4.79 Å². The molecule has 2 aromatic rings. The van der Waals surface area contributed by atoms with E-state index < -0.39 is 5.97 Å². The molecule has 0 saturated heterocycles. The summed E-state index contributed by atoms with van der Waals surface area (Å²) in [7, 11) is 2.99. The summed E-state index contributed by atoms with van der Waals surface area (Å²) in [5.41, 5.74) is 1.79. The zero-order valence-corrected chi connectivity index (χ0v) is 14.7. The van der Waals surface area contributed by atoms with Crippen molar-refractivity contribution in [2.75, 3.05) is 20.8 Å². The van der Waals surface area contributed by atoms with E-state index in [0.29, 0.717) is 28.4 Å². The van der Waals surface area contributed by atoms with E-state index in [-0.39, 0.29) is 18.1 Å². The molecule has 3 rings (SSSR count). The number of Topliss-reactive ketones (excluding diaryl/α,β-unsaturated/α-hetero) is 1. The average molecular weight is 354 g/mol. The summed E-state index contributed by atoms with van der Waals surface area (Å²) in [5.74, 6) is 0.878. The number of ether oxygens (including phenoxy) is 4. The van der Waals surface area contributed by atoms with Gasteiger partial charge in [0.15, 0.2) is 5.76 Å². The Morgan fingerprint density at radius 2 is 2.00 bits per heavy atom. The fourth-order valence-corrected chi connectivity index (χ4v) is 2.63. The zero-order chi connectivity index (χ0) is 18.7. The highest BCUT2D eigenvalue weighted by atomic mass is 16.6. The topological polar surface area (TPSA) is 71.1 Å². The van der Waals surface area contributed by atoms with Gasteiger partial charge in [0, 0.05) is 12.7 Å². The maximum atomic E-state index is 12.6. The first-order chi connectivity index (χ1) is 12.5. The highest BCUT2D eigenvalue weighted by Gasteiger charge is 2.30. The van der Waals surface area contributed by atoms with Crippen molar-refractivity contribution in [1.82, 2.24) is 0 Å². The monoisotopic (exact) mass is 354 g/mol. The maximum absolute atomic E-state index is 12.6. The van der Waals surface area contributed by atoms with Gasteiger partial charge in [0.05, 0.1) is 12.7 Å². The first-order valence-corrected chi connectivity index (χ1v) is 7.95. The molecule has 0 N–H and O–H groups in total. The summed E-state index contributed by atoms with van der Waals surface area (Å²) in [6.07, 6.45) is 1.65. The van der Waals surface area contributed by atoms with E-state index in [9.17, 15) is 9.59 Å². The van der Waals surface area contributed by atoms with Crippen molar-refractivity contribution >= 4 is 17.8 Å². The number of methoxy groups -OCH3 is 2. The van der Waals surface area contributed by atoms with Gasteiger partial charge in [-0.2, -0.15) is 0 Å². The molecule has 0 aliphatic carbocycles. The molecule has 6 nitrogen and oxygen atoms in total. The highest BCUT2D eigenvalue weighted by Crippen LogP contribution is 2.39. The van der Waals surface area contributed by atoms with E-state index in [1.54, 1.807) is 38.3 Å². The molecular weight excluding hydrogens is 336 g/mol. The van der Waals surface area contributed by atoms with Crippen molar-refractivity contribution in [3.05, 3.63) is 58.8 Å². The minimum Gasteiger partial charge on any atom is -0.497 e. The lowest BCUT2D eigenvalue weighted by Crippen LogP contribution is -2.14. The Kier molecular flexibility index (Phi) is 5.04. The van der Waals surface area contributed by atoms with Gasteiger partial charge < -0.3 is 18.9 Å². The molecule has 26 heavy (non-hydrogen) atoms. The number of hydrogen-bond acceptors (Lipinski definition) is 6. The minimum absolute atomic E-state index is 0.155. The van der Waals surface area contributed by atoms with E-state index in [1.807, 2.05) is 18.2 Å². The first kappa shape index (κ1) is 17.7. The number of rotatable bonds is 5. The smallest absolute Gasteiger partial charge is 0.337 e. The van der Waals surface area contributed by atoms with Crippen LogP contribution in [0.2, 0.25) is 0 Å². The minimum atomic E-state index is -0.521. The van der Waals surface area contributed by atoms with Gasteiger partial charge in [0.25, 0.3) is 0 Å². The number of carbonyl (C=O) groups is 2. The standard InChI is InChI=1S/C20H18O6/c1-12-16(25-18(21)11-23-2)8-7-15-19(22)17(26-20(12)15)10-13-5-4-6-14(9-13)24-3/h4-10H,11H2,1-3H3/b17-10-. The van der Waals surface area contributed by atoms with Crippen molar-refractivity contribution in [3.8, 4) is 17.2 Å². The fraction of sp³-hybridized carbons (Fsp3) is 0.200. The molecule has 0 fully saturated rings. The molecule has 0 atom stereocenters. The zero-order valence-electron chi connectivity index (χ0n) is 14.7. The molecular formula is C20H18O6. The second-order valence-electron chi connectivity index (χ2n) is 5.69. The van der Waals surface area contributed by atoms with Gasteiger partial charge in [-0.1, -0.05) is 12.1 Å². The molecule has 0 saturated carbocycles. The summed E-state index contributed by atoms with van der Waals surface area (Å²) < 4.78 is 20.9. The van der Waals surface area contributed by atoms with E-state index in [2.05, 4.69) is 0 Å². The summed E-state index contributed by atoms with van der Waals surface area (Å²) in [5, 5.41) is 0. The molecule has 0 aromatic heterocycles. The number of ketones is 1. The lowest BCUT2D eigenvalue weighted by atomic mass is 10.1. The first-order valence-electron chi connectivity index (χ1n) is 7.95. The predicted molar refractivity (Wildman–Crippen MR) is 94.6 cm³/mol. The lowest BCUT2D eigenvalue weighted by molar-refractivity contribution is -0.138. The number of allylic oxidation sites excluding steroid dienone is 1. The van der Waals surface area contributed by atoms with Gasteiger partial charge >= 0.3 is 5.97 Å². The molecule has 0 radical (unpaired) electrons. The Morgan fingerprint density at radius 1 is 1.19 bits per heavy atom. The summed E-state index contributed by atoms with van der Waals surface area (Å²) >= 11 is 0. The van der Waals surface area contributed by atoms with Crippen LogP contribution in [0.25, 0.3) is 6.08 Å². The molecule has 2 aromatic carbocycles. The van der Waals surface area contributed by atoms with E-state index in [1.165, 1.54) is 7.11 Å². The third-order valence-corrected chi connectivity index (χ3v) is 3.91. The lowest BCUT2D eigenvalue weighted by Gasteiger charge is -2.09. The van der Waals surface area contributed by atoms with Gasteiger partial charge in [0.2, 0.25) is 5.78 Å². The average Bonchev–Trinajstić information content (AvgIpc) is 2.94. The SMILES string of the molecule is COCC(=O)Oc1ccc2c(c1C)O/C(=C\c1cccc(OC)c1)C2=O. The Labute approximate surface area is 150 Å². The molecule has 6 heteroatoms. The van der Waals surface area contributed by atoms with Crippen LogP contribution in [0, 0.1) is 6.92 Å². The van der Waals surface area contributed by atoms with Crippen molar-refractivity contribution in [1.29, 1.82) is 0 Å². The van der Waals surface area contributed by atoms with Crippen molar-refractivity contribution in [3.63, 3.8) is 0 Å². The second kappa shape index (κ2) is 7.41. The molecule has 1 aliphatic rings. The number of hydrogen-bond donors (Lipinski definition) is 0. The molecule has 0 bridgehead atoms. The number of fused-ring (bicyclic) bond motifs is 1. The van der Waals surface area contributed by atoms with Crippen LogP contribution in [-0.4, -0.2) is 32.6 Å². The predicted octanol–water partition coefficient (Wildman–Crippen LogP) is 3.17. The molecule has 0 spiro atoms. The summed E-state index contributed by atoms with van der Waals surface area (Å²) in [6.45, 7) is 1.58. The number of benzene rings is 2. The van der Waals surface area contributed by atoms with Gasteiger partial charge in [-0.15, -0.1) is 0 Å². The molecule has 1 aliphatic heterocycles. The number of carbonyl (C=O) groups excluding carboxylic acids is 2. The van der Waals surface area contributed by atoms with Gasteiger partial charge in [-0.25, -0.2) is 4.79 Å². The van der Waals surface area contributed by atoms with E-state index in [0.717, 1.165) is 5.56 Å². The van der Waals surface area contributed by atoms with Gasteiger partial charge in [-0.05, 0) is 42.8 Å². The Balaban J connectivity index is 1.90. The molecule has 0 unspecified atom stereocenters. The molecule has 134 valence electrons. The van der Waals surface area contributed by atoms with Crippen LogP contribution in [0.4, 0.5) is 0 Å². The summed E-state index contributed by atoms with van der Waals surface area (Å²) in [6, 6.07) is 10.5. The third kappa shape index (κ3) is 3.45. The highest BCUT2D eigenvalue weighted by molar-refractivity contribution is 6.15. The Morgan fingerprint density at radius 3 is 2.73 bits per heavy atom. The fourth-order valence-electron chi connectivity index (χ4n) is 2.63. The van der Waals surface area contributed by atoms with Crippen LogP contribution in [-0.2, 0) is 9.53 Å². The molecule has 1 heterocycles. The van der Waals surface area contributed by atoms with Crippen molar-refractivity contribution in [2.24, 2.45) is 0 Å². The van der Waals surface area contributed by atoms with Crippen molar-refractivity contribution < 1.29 is 28.5 Å². The van der Waals surface area contributed by atoms with E-state index in [4.69, 9.17) is 18.9 Å². The Bertz CT molecular complexity index is 897. The van der Waals surface area contributed by atoms with Crippen LogP contribution in [0.3, 0.4) is 0 Å². The van der Waals surface area contributed by atoms with Gasteiger partial charge in [0.1, 0.15) is 23.9 Å². The van der Waals surface area contributed by atoms with Crippen molar-refractivity contribution in [2.45, 2.75) is 6.92 Å². The van der Waals surface area contributed by atoms with Crippen LogP contribution >= 0.6 is 0 Å². The third-order valence-electron chi connectivity index (χ3n) is 3.91. The normalized spacial score (nSPS) is 14.1. The van der Waals surface area contributed by atoms with Crippen LogP contribution in [0.1, 0.15) is 21.5 Å². The largest absolute Gasteiger partial charge is 0.497 e. The molecule has 0 amide bonds. The Hall–Kier alpha value is -3.12. The summed E-state index contributed by atoms with van der Waals surface area (Å²) in [4.78, 5) is 24.2. The van der Waals surface area contributed by atoms with E-state index >= 15 is 0 Å². The quantitative estimate of drug-likeness (QED) is 0.467.